The van der Waals surface area contributed by atoms with Crippen LogP contribution in [0.15, 0.2) is 64.3 Å². The maximum absolute atomic E-state index is 5.89. The van der Waals surface area contributed by atoms with Crippen LogP contribution in [0.1, 0.15) is 20.8 Å². The second-order valence-corrected chi connectivity index (χ2v) is 8.62. The van der Waals surface area contributed by atoms with Gasteiger partial charge in [-0.25, -0.2) is 0 Å². The molecule has 0 saturated carbocycles. The zero-order chi connectivity index (χ0) is 22.1. The molecule has 0 N–H and O–H groups in total. The monoisotopic (exact) mass is 450 g/mol. The highest BCUT2D eigenvalue weighted by Crippen LogP contribution is 2.27. The van der Waals surface area contributed by atoms with Gasteiger partial charge in [0.05, 0.1) is 5.71 Å². The summed E-state index contributed by atoms with van der Waals surface area (Å²) in [5.74, 6) is 1.52. The zero-order valence-electron chi connectivity index (χ0n) is 18.0. The van der Waals surface area contributed by atoms with Gasteiger partial charge in [0, 0.05) is 23.8 Å². The number of halogens is 2. The van der Waals surface area contributed by atoms with Gasteiger partial charge in [-0.2, -0.15) is 0 Å². The lowest BCUT2D eigenvalue weighted by Crippen LogP contribution is -2.27. The Balaban J connectivity index is 1.98. The molecular weight excluding hydrogens is 423 g/mol. The fraction of sp³-hybridized carbons (Fsp3) is 0.348. The molecule has 2 rings (SSSR count). The van der Waals surface area contributed by atoms with E-state index in [1.807, 2.05) is 55.6 Å². The lowest BCUT2D eigenvalue weighted by molar-refractivity contribution is 0.204. The molecule has 0 radical (unpaired) electrons. The van der Waals surface area contributed by atoms with E-state index in [0.29, 0.717) is 13.2 Å². The molecule has 0 spiro atoms. The van der Waals surface area contributed by atoms with Gasteiger partial charge in [0.1, 0.15) is 36.3 Å². The van der Waals surface area contributed by atoms with E-state index < -0.39 is 0 Å². The van der Waals surface area contributed by atoms with Crippen molar-refractivity contribution in [1.29, 1.82) is 0 Å². The van der Waals surface area contributed by atoms with Crippen molar-refractivity contribution < 1.29 is 14.3 Å². The Morgan fingerprint density at radius 3 is 1.87 bits per heavy atom. The minimum Gasteiger partial charge on any atom is -0.489 e. The number of anilines is 2. The van der Waals surface area contributed by atoms with E-state index in [9.17, 15) is 0 Å². The number of hydrogen-bond donors (Lipinski definition) is 0. The van der Waals surface area contributed by atoms with E-state index in [4.69, 9.17) is 37.5 Å². The molecule has 0 bridgehead atoms. The van der Waals surface area contributed by atoms with Crippen LogP contribution in [0.2, 0.25) is 0 Å². The van der Waals surface area contributed by atoms with Gasteiger partial charge in [0.25, 0.3) is 0 Å². The number of hydrogen-bond acceptors (Lipinski definition) is 5. The summed E-state index contributed by atoms with van der Waals surface area (Å²) >= 11 is 11.2. The summed E-state index contributed by atoms with van der Waals surface area (Å²) in [5.41, 5.74) is 2.79. The van der Waals surface area contributed by atoms with Crippen LogP contribution < -0.4 is 14.4 Å². The van der Waals surface area contributed by atoms with Crippen molar-refractivity contribution in [3.63, 3.8) is 0 Å². The third-order valence-corrected chi connectivity index (χ3v) is 4.69. The fourth-order valence-electron chi connectivity index (χ4n) is 2.52. The molecule has 0 atom stereocenters. The summed E-state index contributed by atoms with van der Waals surface area (Å²) in [5, 5.41) is 4.09. The van der Waals surface area contributed by atoms with Crippen molar-refractivity contribution in [2.24, 2.45) is 10.6 Å². The molecule has 0 aliphatic rings. The maximum atomic E-state index is 5.89. The molecule has 30 heavy (non-hydrogen) atoms. The van der Waals surface area contributed by atoms with Crippen LogP contribution in [0.4, 0.5) is 11.4 Å². The summed E-state index contributed by atoms with van der Waals surface area (Å²) in [6, 6.07) is 15.7. The van der Waals surface area contributed by atoms with E-state index in [-0.39, 0.29) is 9.91 Å². The molecule has 0 aromatic heterocycles. The van der Waals surface area contributed by atoms with Crippen LogP contribution in [0.5, 0.6) is 11.5 Å². The number of oxime groups is 1. The molecule has 2 aromatic carbocycles. The van der Waals surface area contributed by atoms with Gasteiger partial charge < -0.3 is 19.2 Å². The molecule has 0 fully saturated rings. The van der Waals surface area contributed by atoms with Gasteiger partial charge in [0.15, 0.2) is 0 Å². The van der Waals surface area contributed by atoms with Gasteiger partial charge in [-0.15, -0.1) is 0 Å². The Kier molecular flexibility index (Phi) is 8.88. The first-order valence-electron chi connectivity index (χ1n) is 9.52. The average Bonchev–Trinajstić information content (AvgIpc) is 2.70. The normalized spacial score (nSPS) is 11.6. The molecule has 7 heteroatoms. The van der Waals surface area contributed by atoms with E-state index in [1.54, 1.807) is 13.2 Å². The first kappa shape index (κ1) is 23.9. The van der Waals surface area contributed by atoms with Gasteiger partial charge in [-0.05, 0) is 54.6 Å². The SMILES string of the molecule is CON=C(COc1ccc(N(C)c2ccc(OCC=C(Cl)Cl)cc2)cc1)C(C)(C)C. The molecule has 162 valence electrons. The average molecular weight is 451 g/mol. The van der Waals surface area contributed by atoms with E-state index in [2.05, 4.69) is 30.8 Å². The fourth-order valence-corrected chi connectivity index (χ4v) is 2.65. The minimum absolute atomic E-state index is 0.126. The highest BCUT2D eigenvalue weighted by Gasteiger charge is 2.20. The van der Waals surface area contributed by atoms with Gasteiger partial charge >= 0.3 is 0 Å². The molecule has 5 nitrogen and oxygen atoms in total. The summed E-state index contributed by atoms with van der Waals surface area (Å²) in [7, 11) is 3.55. The third-order valence-electron chi connectivity index (χ3n) is 4.38. The molecule has 0 saturated heterocycles. The molecule has 0 heterocycles. The van der Waals surface area contributed by atoms with Crippen molar-refractivity contribution in [2.75, 3.05) is 32.3 Å². The predicted octanol–water partition coefficient (Wildman–Crippen LogP) is 6.58. The lowest BCUT2D eigenvalue weighted by atomic mass is 9.90. The van der Waals surface area contributed by atoms with Crippen LogP contribution >= 0.6 is 23.2 Å². The Morgan fingerprint density at radius 2 is 1.43 bits per heavy atom. The predicted molar refractivity (Wildman–Crippen MR) is 126 cm³/mol. The molecule has 2 aromatic rings. The topological polar surface area (TPSA) is 43.3 Å². The quantitative estimate of drug-likeness (QED) is 0.319. The van der Waals surface area contributed by atoms with Gasteiger partial charge in [0.2, 0.25) is 0 Å². The highest BCUT2D eigenvalue weighted by molar-refractivity contribution is 6.55. The summed E-state index contributed by atoms with van der Waals surface area (Å²) in [6.45, 7) is 6.92. The van der Waals surface area contributed by atoms with Crippen molar-refractivity contribution in [2.45, 2.75) is 20.8 Å². The first-order chi connectivity index (χ1) is 14.2. The maximum Gasteiger partial charge on any atom is 0.130 e. The van der Waals surface area contributed by atoms with Crippen LogP contribution in [-0.4, -0.2) is 33.1 Å². The molecule has 0 unspecified atom stereocenters. The van der Waals surface area contributed by atoms with Gasteiger partial charge in [-0.3, -0.25) is 0 Å². The molecule has 0 aliphatic heterocycles. The molecular formula is C23H28Cl2N2O3. The first-order valence-corrected chi connectivity index (χ1v) is 10.3. The van der Waals surface area contributed by atoms with Crippen LogP contribution in [-0.2, 0) is 4.84 Å². The number of benzene rings is 2. The number of rotatable bonds is 9. The van der Waals surface area contributed by atoms with Crippen LogP contribution in [0.3, 0.4) is 0 Å². The Bertz CT molecular complexity index is 854. The number of ether oxygens (including phenoxy) is 2. The summed E-state index contributed by atoms with van der Waals surface area (Å²) in [6.07, 6.45) is 1.60. The van der Waals surface area contributed by atoms with Crippen molar-refractivity contribution in [1.82, 2.24) is 0 Å². The Morgan fingerprint density at radius 1 is 0.933 bits per heavy atom. The van der Waals surface area contributed by atoms with E-state index >= 15 is 0 Å². The van der Waals surface area contributed by atoms with Crippen LogP contribution in [0.25, 0.3) is 0 Å². The standard InChI is InChI=1S/C23H28Cl2N2O3/c1-23(2,3)21(26-28-5)16-30-20-12-8-18(9-13-20)27(4)17-6-10-19(11-7-17)29-15-14-22(24)25/h6-14H,15-16H2,1-5H3. The second kappa shape index (κ2) is 11.1. The van der Waals surface area contributed by atoms with Crippen molar-refractivity contribution in [3.8, 4) is 11.5 Å². The lowest BCUT2D eigenvalue weighted by Gasteiger charge is -2.22. The second-order valence-electron chi connectivity index (χ2n) is 7.61. The molecule has 0 amide bonds. The summed E-state index contributed by atoms with van der Waals surface area (Å²) in [4.78, 5) is 7.02. The Hall–Kier alpha value is -2.37. The third kappa shape index (κ3) is 7.47. The smallest absolute Gasteiger partial charge is 0.130 e. The highest BCUT2D eigenvalue weighted by atomic mass is 35.5. The van der Waals surface area contributed by atoms with Gasteiger partial charge in [-0.1, -0.05) is 49.1 Å². The largest absolute Gasteiger partial charge is 0.489 e. The van der Waals surface area contributed by atoms with E-state index in [1.165, 1.54) is 0 Å². The summed E-state index contributed by atoms with van der Waals surface area (Å²) < 4.78 is 11.6. The minimum atomic E-state index is -0.126. The van der Waals surface area contributed by atoms with Crippen LogP contribution in [0, 0.1) is 5.41 Å². The molecule has 0 aliphatic carbocycles. The van der Waals surface area contributed by atoms with E-state index in [0.717, 1.165) is 28.6 Å². The van der Waals surface area contributed by atoms with Crippen molar-refractivity contribution in [3.05, 3.63) is 59.1 Å². The van der Waals surface area contributed by atoms with Crippen molar-refractivity contribution >= 4 is 40.3 Å². The Labute approximate surface area is 188 Å². The number of nitrogens with zero attached hydrogens (tertiary/aromatic N) is 2. The zero-order valence-corrected chi connectivity index (χ0v) is 19.5.